The fraction of sp³-hybridized carbons (Fsp3) is 0.926. The van der Waals surface area contributed by atoms with Crippen LogP contribution in [0.3, 0.4) is 0 Å². The number of hydrogen-bond donors (Lipinski definition) is 2. The molecule has 2 N–H and O–H groups in total. The highest BCUT2D eigenvalue weighted by atomic mass is 16.3. The minimum Gasteiger partial charge on any atom is -0.393 e. The normalized spacial score (nSPS) is 46.5. The smallest absolute Gasteiger partial charge is 0.0577 e. The Kier molecular flexibility index (Phi) is 6.01. The van der Waals surface area contributed by atoms with Crippen LogP contribution in [0.2, 0.25) is 0 Å². The molecule has 4 rings (SSSR count). The van der Waals surface area contributed by atoms with Crippen LogP contribution in [0.5, 0.6) is 0 Å². The first-order chi connectivity index (χ1) is 13.7. The van der Waals surface area contributed by atoms with E-state index in [1.165, 1.54) is 38.5 Å². The maximum Gasteiger partial charge on any atom is 0.0577 e. The van der Waals surface area contributed by atoms with Crippen LogP contribution in [-0.4, -0.2) is 22.4 Å². The third-order valence-corrected chi connectivity index (χ3v) is 10.4. The molecule has 29 heavy (non-hydrogen) atoms. The van der Waals surface area contributed by atoms with Gasteiger partial charge in [0.05, 0.1) is 12.2 Å². The highest BCUT2D eigenvalue weighted by molar-refractivity contribution is 5.25. The molecule has 0 aliphatic heterocycles. The van der Waals surface area contributed by atoms with Crippen molar-refractivity contribution in [3.8, 4) is 0 Å². The summed E-state index contributed by atoms with van der Waals surface area (Å²) < 4.78 is 0. The van der Waals surface area contributed by atoms with Crippen molar-refractivity contribution in [3.05, 3.63) is 11.6 Å². The lowest BCUT2D eigenvalue weighted by atomic mass is 9.47. The lowest BCUT2D eigenvalue weighted by Gasteiger charge is -2.58. The zero-order valence-electron chi connectivity index (χ0n) is 19.7. The Hall–Kier alpha value is -0.340. The first-order valence-electron chi connectivity index (χ1n) is 12.7. The first-order valence-corrected chi connectivity index (χ1v) is 12.7. The molecule has 0 radical (unpaired) electrons. The van der Waals surface area contributed by atoms with Gasteiger partial charge < -0.3 is 10.2 Å². The summed E-state index contributed by atoms with van der Waals surface area (Å²) in [5.74, 6) is 4.25. The van der Waals surface area contributed by atoms with E-state index < -0.39 is 0 Å². The summed E-state index contributed by atoms with van der Waals surface area (Å²) in [4.78, 5) is 0. The molecule has 2 heteroatoms. The Balaban J connectivity index is 1.51. The maximum absolute atomic E-state index is 11.0. The van der Waals surface area contributed by atoms with Crippen LogP contribution in [0.4, 0.5) is 0 Å². The van der Waals surface area contributed by atoms with Gasteiger partial charge in [0.2, 0.25) is 0 Å². The average molecular weight is 403 g/mol. The number of aliphatic hydroxyl groups is 2. The van der Waals surface area contributed by atoms with Gasteiger partial charge in [0.15, 0.2) is 0 Å². The van der Waals surface area contributed by atoms with Crippen molar-refractivity contribution in [1.29, 1.82) is 0 Å². The Morgan fingerprint density at radius 3 is 2.48 bits per heavy atom. The van der Waals surface area contributed by atoms with Gasteiger partial charge in [0, 0.05) is 0 Å². The van der Waals surface area contributed by atoms with Crippen molar-refractivity contribution >= 4 is 0 Å². The molecule has 9 atom stereocenters. The molecule has 3 saturated carbocycles. The van der Waals surface area contributed by atoms with E-state index in [1.54, 1.807) is 5.57 Å². The summed E-state index contributed by atoms with van der Waals surface area (Å²) in [7, 11) is 0. The number of hydrogen-bond acceptors (Lipinski definition) is 2. The second kappa shape index (κ2) is 7.97. The molecule has 166 valence electrons. The van der Waals surface area contributed by atoms with Gasteiger partial charge in [-0.2, -0.15) is 0 Å². The summed E-state index contributed by atoms with van der Waals surface area (Å²) in [5.41, 5.74) is 2.33. The predicted molar refractivity (Wildman–Crippen MR) is 120 cm³/mol. The molecule has 5 unspecified atom stereocenters. The molecule has 0 amide bonds. The largest absolute Gasteiger partial charge is 0.393 e. The third kappa shape index (κ3) is 3.65. The summed E-state index contributed by atoms with van der Waals surface area (Å²) in [6.07, 6.45) is 14.1. The predicted octanol–water partition coefficient (Wildman–Crippen LogP) is 6.36. The molecule has 4 aliphatic rings. The Morgan fingerprint density at radius 1 is 1.00 bits per heavy atom. The van der Waals surface area contributed by atoms with Crippen LogP contribution in [0.25, 0.3) is 0 Å². The highest BCUT2D eigenvalue weighted by Gasteiger charge is 2.59. The standard InChI is InChI=1S/C27H46O2/c1-17(2)6-11-25(29)18(3)22-9-10-23-21-8-7-19-16-20(28)12-14-26(19,4)24(21)13-15-27(22,23)5/h7,17-18,20-25,28-29H,6,8-16H2,1-5H3/t18-,20-,21?,22?,23?,24?,25?,26-,27+/m0/s1. The second-order valence-corrected chi connectivity index (χ2v) is 12.3. The van der Waals surface area contributed by atoms with E-state index in [1.807, 2.05) is 0 Å². The highest BCUT2D eigenvalue weighted by Crippen LogP contribution is 2.67. The molecule has 2 nitrogen and oxygen atoms in total. The lowest BCUT2D eigenvalue weighted by Crippen LogP contribution is -2.51. The molecule has 0 saturated heterocycles. The first kappa shape index (κ1) is 21.9. The lowest BCUT2D eigenvalue weighted by molar-refractivity contribution is -0.0681. The van der Waals surface area contributed by atoms with Crippen LogP contribution < -0.4 is 0 Å². The van der Waals surface area contributed by atoms with Gasteiger partial charge >= 0.3 is 0 Å². The summed E-state index contributed by atoms with van der Waals surface area (Å²) in [6, 6.07) is 0. The zero-order valence-corrected chi connectivity index (χ0v) is 19.7. The van der Waals surface area contributed by atoms with E-state index in [0.29, 0.717) is 28.6 Å². The number of aliphatic hydroxyl groups excluding tert-OH is 2. The molecular formula is C27H46O2. The van der Waals surface area contributed by atoms with Crippen molar-refractivity contribution < 1.29 is 10.2 Å². The monoisotopic (exact) mass is 402 g/mol. The fourth-order valence-corrected chi connectivity index (χ4v) is 8.58. The summed E-state index contributed by atoms with van der Waals surface area (Å²) in [6.45, 7) is 12.0. The second-order valence-electron chi connectivity index (χ2n) is 12.3. The Labute approximate surface area is 179 Å². The Bertz CT molecular complexity index is 624. The van der Waals surface area contributed by atoms with E-state index >= 15 is 0 Å². The molecule has 0 heterocycles. The molecular weight excluding hydrogens is 356 g/mol. The van der Waals surface area contributed by atoms with Crippen LogP contribution in [0, 0.1) is 46.3 Å². The fourth-order valence-electron chi connectivity index (χ4n) is 8.58. The summed E-state index contributed by atoms with van der Waals surface area (Å²) in [5, 5.41) is 21.2. The maximum atomic E-state index is 11.0. The van der Waals surface area contributed by atoms with Crippen molar-refractivity contribution in [2.75, 3.05) is 0 Å². The molecule has 0 aromatic rings. The van der Waals surface area contributed by atoms with Gasteiger partial charge in [-0.3, -0.25) is 0 Å². The molecule has 0 spiro atoms. The quantitative estimate of drug-likeness (QED) is 0.525. The van der Waals surface area contributed by atoms with Crippen molar-refractivity contribution in [2.24, 2.45) is 46.3 Å². The molecule has 0 bridgehead atoms. The van der Waals surface area contributed by atoms with Crippen molar-refractivity contribution in [1.82, 2.24) is 0 Å². The van der Waals surface area contributed by atoms with E-state index in [-0.39, 0.29) is 12.2 Å². The van der Waals surface area contributed by atoms with E-state index in [0.717, 1.165) is 43.4 Å². The summed E-state index contributed by atoms with van der Waals surface area (Å²) >= 11 is 0. The van der Waals surface area contributed by atoms with Crippen LogP contribution in [0.15, 0.2) is 11.6 Å². The number of rotatable bonds is 5. The van der Waals surface area contributed by atoms with E-state index in [9.17, 15) is 10.2 Å². The molecule has 3 fully saturated rings. The van der Waals surface area contributed by atoms with E-state index in [2.05, 4.69) is 40.7 Å². The van der Waals surface area contributed by atoms with Crippen molar-refractivity contribution in [2.45, 2.75) is 111 Å². The van der Waals surface area contributed by atoms with Gasteiger partial charge in [0.25, 0.3) is 0 Å². The van der Waals surface area contributed by atoms with E-state index in [4.69, 9.17) is 0 Å². The zero-order chi connectivity index (χ0) is 21.0. The SMILES string of the molecule is CC(C)CCC(O)[C@@H](C)C1CCC2C3CC=C4C[C@@H](O)CC[C@]4(C)C3CC[C@@]21C. The van der Waals surface area contributed by atoms with Crippen LogP contribution in [-0.2, 0) is 0 Å². The van der Waals surface area contributed by atoms with Gasteiger partial charge in [-0.1, -0.05) is 46.3 Å². The van der Waals surface area contributed by atoms with Crippen molar-refractivity contribution in [3.63, 3.8) is 0 Å². The molecule has 0 aromatic heterocycles. The minimum absolute atomic E-state index is 0.108. The van der Waals surface area contributed by atoms with Gasteiger partial charge in [-0.15, -0.1) is 0 Å². The van der Waals surface area contributed by atoms with Gasteiger partial charge in [0.1, 0.15) is 0 Å². The Morgan fingerprint density at radius 2 is 1.76 bits per heavy atom. The minimum atomic E-state index is -0.133. The molecule has 0 aromatic carbocycles. The third-order valence-electron chi connectivity index (χ3n) is 10.4. The topological polar surface area (TPSA) is 40.5 Å². The van der Waals surface area contributed by atoms with Crippen LogP contribution >= 0.6 is 0 Å². The number of fused-ring (bicyclic) bond motifs is 5. The van der Waals surface area contributed by atoms with Crippen LogP contribution in [0.1, 0.15) is 98.8 Å². The van der Waals surface area contributed by atoms with Gasteiger partial charge in [-0.25, -0.2) is 0 Å². The van der Waals surface area contributed by atoms with Gasteiger partial charge in [-0.05, 0) is 111 Å². The molecule has 4 aliphatic carbocycles. The number of allylic oxidation sites excluding steroid dienone is 1. The average Bonchev–Trinajstić information content (AvgIpc) is 3.03.